The summed E-state index contributed by atoms with van der Waals surface area (Å²) in [6.07, 6.45) is 5.54. The second-order valence-corrected chi connectivity index (χ2v) is 31.1. The Bertz CT molecular complexity index is 4990. The lowest BCUT2D eigenvalue weighted by molar-refractivity contribution is 0.0972. The van der Waals surface area contributed by atoms with Crippen LogP contribution in [0.1, 0.15) is 110 Å². The number of H-pyrrole nitrogens is 1. The van der Waals surface area contributed by atoms with Crippen LogP contribution in [0, 0.1) is 0 Å². The fraction of sp³-hybridized carbons (Fsp3) is 0.231. The zero-order valence-electron chi connectivity index (χ0n) is 56.0. The molecular formula is C65H72ClN19O12S3. The van der Waals surface area contributed by atoms with Crippen LogP contribution >= 0.6 is 11.6 Å². The summed E-state index contributed by atoms with van der Waals surface area (Å²) in [5, 5.41) is 30.8. The standard InChI is InChI=1S/C23H25N7O4S.C22H24ClN5O4S.C20H23N7O4S/c1-23(2,3)18-13-19(26-22(32)27-21-24-16-7-5-6-8-17(16)25-21)30(28-18)15-11-9-14(10-12-15)20(31)29-35(4,33)34;1-22(2,3)18-13-19(25-21(30)24-16-9-7-15(23)8-10-16)28(26-18)17-11-5-14(6-12-17)20(29)27-33(4,31)32;1-20(2,3)15-11-17(24-19(29)23-16-9-10-21-12-22-16)27(25-15)14-7-5-13(6-8-14)18(28)26-32(4,30)31/h5-13H,1-4H3,(H,29,31)(H3,24,25,26,27,32);5-13H,1-4H3,(H,27,29)(H2,24,25,30);5-12H,1-4H3,(H,26,28)(H2,21,22,23,24,29). The summed E-state index contributed by atoms with van der Waals surface area (Å²) < 4.78 is 78.2. The van der Waals surface area contributed by atoms with Crippen molar-refractivity contribution in [2.45, 2.75) is 78.6 Å². The molecule has 10 N–H and O–H groups in total. The van der Waals surface area contributed by atoms with Crippen LogP contribution in [-0.4, -0.2) is 129 Å². The maximum absolute atomic E-state index is 12.7. The molecule has 0 bridgehead atoms. The van der Waals surface area contributed by atoms with E-state index >= 15 is 0 Å². The first-order valence-electron chi connectivity index (χ1n) is 30.0. The molecule has 5 aromatic heterocycles. The molecule has 0 unspecified atom stereocenters. The molecule has 10 aromatic rings. The highest BCUT2D eigenvalue weighted by Crippen LogP contribution is 2.30. The van der Waals surface area contributed by atoms with Gasteiger partial charge in [-0.25, -0.2) is 82.8 Å². The first kappa shape index (κ1) is 74.4. The van der Waals surface area contributed by atoms with Crippen LogP contribution in [0.4, 0.5) is 49.3 Å². The maximum Gasteiger partial charge on any atom is 0.327 e. The second kappa shape index (κ2) is 30.2. The minimum atomic E-state index is -3.68. The van der Waals surface area contributed by atoms with Gasteiger partial charge in [0.15, 0.2) is 0 Å². The van der Waals surface area contributed by atoms with Gasteiger partial charge >= 0.3 is 18.1 Å². The summed E-state index contributed by atoms with van der Waals surface area (Å²) in [6.45, 7) is 17.9. The van der Waals surface area contributed by atoms with Gasteiger partial charge in [-0.2, -0.15) is 15.3 Å². The van der Waals surface area contributed by atoms with E-state index in [9.17, 15) is 54.0 Å². The number of sulfonamides is 3. The van der Waals surface area contributed by atoms with Crippen molar-refractivity contribution in [3.8, 4) is 17.1 Å². The minimum Gasteiger partial charge on any atom is -0.324 e. The highest BCUT2D eigenvalue weighted by molar-refractivity contribution is 7.89. The van der Waals surface area contributed by atoms with Crippen LogP contribution in [0.25, 0.3) is 28.1 Å². The first-order valence-corrected chi connectivity index (χ1v) is 36.1. The lowest BCUT2D eigenvalue weighted by Gasteiger charge is -2.14. The Balaban J connectivity index is 0.000000191. The highest BCUT2D eigenvalue weighted by Gasteiger charge is 2.26. The third kappa shape index (κ3) is 21.3. The van der Waals surface area contributed by atoms with E-state index in [0.717, 1.165) is 46.9 Å². The number of nitrogens with one attached hydrogen (secondary N) is 10. The molecule has 0 fully saturated rings. The van der Waals surface area contributed by atoms with E-state index in [4.69, 9.17) is 11.6 Å². The van der Waals surface area contributed by atoms with Gasteiger partial charge in [-0.15, -0.1) is 0 Å². The molecule has 9 amide bonds. The van der Waals surface area contributed by atoms with E-state index in [-0.39, 0.29) is 32.9 Å². The van der Waals surface area contributed by atoms with Gasteiger partial charge in [-0.1, -0.05) is 86.0 Å². The Hall–Kier alpha value is -11.4. The summed E-state index contributed by atoms with van der Waals surface area (Å²) in [6, 6.07) is 37.9. The van der Waals surface area contributed by atoms with E-state index < -0.39 is 65.9 Å². The van der Waals surface area contributed by atoms with Gasteiger partial charge < -0.3 is 10.3 Å². The summed E-state index contributed by atoms with van der Waals surface area (Å²) in [5.41, 5.74) is 5.61. The molecule has 524 valence electrons. The monoisotopic (exact) mass is 1440 g/mol. The minimum absolute atomic E-state index is 0.165. The number of carbonyl (C=O) groups is 6. The van der Waals surface area contributed by atoms with Gasteiger partial charge in [-0.05, 0) is 115 Å². The number of aromatic amines is 1. The van der Waals surface area contributed by atoms with Crippen LogP contribution < -0.4 is 46.1 Å². The van der Waals surface area contributed by atoms with Crippen molar-refractivity contribution in [1.82, 2.24) is 63.4 Å². The van der Waals surface area contributed by atoms with Gasteiger partial charge in [0.05, 0.1) is 63.9 Å². The average Bonchev–Trinajstić information content (AvgIpc) is 1.66. The van der Waals surface area contributed by atoms with E-state index in [1.165, 1.54) is 58.3 Å². The predicted octanol–water partition coefficient (Wildman–Crippen LogP) is 9.83. The largest absolute Gasteiger partial charge is 0.327 e. The number of hydrogen-bond donors (Lipinski definition) is 10. The zero-order valence-corrected chi connectivity index (χ0v) is 59.2. The fourth-order valence-electron chi connectivity index (χ4n) is 8.75. The van der Waals surface area contributed by atoms with Gasteiger partial charge in [0.1, 0.15) is 29.6 Å². The number of fused-ring (bicyclic) bond motifs is 1. The lowest BCUT2D eigenvalue weighted by atomic mass is 9.92. The first-order chi connectivity index (χ1) is 46.6. The van der Waals surface area contributed by atoms with Crippen LogP contribution in [0.15, 0.2) is 158 Å². The summed E-state index contributed by atoms with van der Waals surface area (Å²) in [4.78, 5) is 89.1. The predicted molar refractivity (Wildman–Crippen MR) is 381 cm³/mol. The topological polar surface area (TPSA) is 421 Å². The van der Waals surface area contributed by atoms with E-state index in [2.05, 4.69) is 67.1 Å². The zero-order chi connectivity index (χ0) is 73.3. The number of para-hydroxylation sites is 2. The molecule has 100 heavy (non-hydrogen) atoms. The SMILES string of the molecule is CC(C)(C)c1cc(NC(=O)Nc2ccc(Cl)cc2)n(-c2ccc(C(=O)NS(C)(=O)=O)cc2)n1.CC(C)(C)c1cc(NC(=O)Nc2ccncn2)n(-c2ccc(C(=O)NS(C)(=O)=O)cc2)n1.CC(C)(C)c1cc(NC(=O)Nc2nc3ccccc3[nH]2)n(-c2ccc(C(=O)NS(C)(=O)=O)cc2)n1. The number of benzene rings is 5. The number of rotatable bonds is 15. The molecule has 10 rings (SSSR count). The van der Waals surface area contributed by atoms with Crippen molar-refractivity contribution in [1.29, 1.82) is 0 Å². The number of imidazole rings is 1. The number of amides is 9. The van der Waals surface area contributed by atoms with Crippen molar-refractivity contribution >= 4 is 123 Å². The number of halogens is 1. The molecule has 5 aromatic carbocycles. The van der Waals surface area contributed by atoms with Crippen LogP contribution in [0.5, 0.6) is 0 Å². The van der Waals surface area contributed by atoms with Crippen molar-refractivity contribution in [2.24, 2.45) is 0 Å². The number of carbonyl (C=O) groups excluding carboxylic acids is 6. The quantitative estimate of drug-likeness (QED) is 0.0456. The molecule has 35 heteroatoms. The van der Waals surface area contributed by atoms with Gasteiger partial charge in [0.2, 0.25) is 36.0 Å². The Kier molecular flexibility index (Phi) is 22.5. The molecule has 0 saturated carbocycles. The second-order valence-electron chi connectivity index (χ2n) is 25.4. The Morgan fingerprint density at radius 3 is 1.14 bits per heavy atom. The number of anilines is 6. The van der Waals surface area contributed by atoms with Crippen LogP contribution in [0.2, 0.25) is 5.02 Å². The number of nitrogens with zero attached hydrogens (tertiary/aromatic N) is 9. The lowest BCUT2D eigenvalue weighted by Crippen LogP contribution is -2.29. The van der Waals surface area contributed by atoms with Crippen LogP contribution in [0.3, 0.4) is 0 Å². The molecule has 31 nitrogen and oxygen atoms in total. The third-order valence-corrected chi connectivity index (χ3v) is 15.6. The van der Waals surface area contributed by atoms with Crippen molar-refractivity contribution in [3.05, 3.63) is 197 Å². The van der Waals surface area contributed by atoms with E-state index in [0.29, 0.717) is 57.0 Å². The van der Waals surface area contributed by atoms with E-state index in [1.807, 2.05) is 101 Å². The smallest absolute Gasteiger partial charge is 0.324 e. The number of aromatic nitrogens is 10. The molecule has 0 radical (unpaired) electrons. The number of hydrogen-bond acceptors (Lipinski definition) is 18. The number of urea groups is 3. The molecule has 0 spiro atoms. The normalized spacial score (nSPS) is 11.7. The molecule has 0 atom stereocenters. The molecule has 0 aliphatic rings. The van der Waals surface area contributed by atoms with Crippen molar-refractivity contribution < 1.29 is 54.0 Å². The van der Waals surface area contributed by atoms with Gasteiger partial charge in [0.25, 0.3) is 17.7 Å². The molecule has 0 aliphatic carbocycles. The third-order valence-electron chi connectivity index (χ3n) is 13.7. The summed E-state index contributed by atoms with van der Waals surface area (Å²) in [7, 11) is -11.0. The maximum atomic E-state index is 12.7. The Morgan fingerprint density at radius 2 is 0.800 bits per heavy atom. The summed E-state index contributed by atoms with van der Waals surface area (Å²) >= 11 is 5.88. The molecule has 0 aliphatic heterocycles. The van der Waals surface area contributed by atoms with Crippen molar-refractivity contribution in [3.63, 3.8) is 0 Å². The van der Waals surface area contributed by atoms with E-state index in [1.54, 1.807) is 89.6 Å². The van der Waals surface area contributed by atoms with Crippen molar-refractivity contribution in [2.75, 3.05) is 50.7 Å². The molecule has 5 heterocycles. The van der Waals surface area contributed by atoms with Crippen LogP contribution in [-0.2, 0) is 46.3 Å². The highest BCUT2D eigenvalue weighted by atomic mass is 35.5. The Labute approximate surface area is 580 Å². The fourth-order valence-corrected chi connectivity index (χ4v) is 10.2. The Morgan fingerprint density at radius 1 is 0.440 bits per heavy atom. The van der Waals surface area contributed by atoms with Gasteiger partial charge in [-0.3, -0.25) is 41.0 Å². The summed E-state index contributed by atoms with van der Waals surface area (Å²) in [5.74, 6) is -0.365. The molecular weight excluding hydrogens is 1370 g/mol. The molecule has 0 saturated heterocycles. The van der Waals surface area contributed by atoms with Gasteiger partial charge in [0, 0.05) is 68.0 Å². The average molecular weight is 1440 g/mol.